The van der Waals surface area contributed by atoms with Crippen molar-refractivity contribution in [2.45, 2.75) is 0 Å². The Morgan fingerprint density at radius 2 is 1.35 bits per heavy atom. The minimum atomic E-state index is 0.191. The Morgan fingerprint density at radius 3 is 1.69 bits per heavy atom. The molecule has 26 heavy (non-hydrogen) atoms. The standard InChI is InChI=1S/C11H14O4.5CO.Cr/c1-12-7-9-6-10(14-3)4-5-11(9)15-8-13-2;5*1-2;/h4-6H,8H2,1-3H3;;;;;;. The van der Waals surface area contributed by atoms with Gasteiger partial charge in [-0.1, -0.05) is 0 Å². The van der Waals surface area contributed by atoms with Gasteiger partial charge in [0.15, 0.2) is 0 Å². The summed E-state index contributed by atoms with van der Waals surface area (Å²) in [5, 5.41) is 0. The summed E-state index contributed by atoms with van der Waals surface area (Å²) in [5.74, 6) is 1.42. The van der Waals surface area contributed by atoms with E-state index in [1.165, 1.54) is 0 Å². The molecule has 9 nitrogen and oxygen atoms in total. The molecule has 0 saturated carbocycles. The van der Waals surface area contributed by atoms with Crippen LogP contribution in [-0.4, -0.2) is 32.7 Å². The summed E-state index contributed by atoms with van der Waals surface area (Å²) in [6.07, 6.45) is 0. The van der Waals surface area contributed by atoms with Crippen LogP contribution in [0.4, 0.5) is 0 Å². The Labute approximate surface area is 159 Å². The first-order chi connectivity index (χ1) is 12.7. The van der Waals surface area contributed by atoms with E-state index in [-0.39, 0.29) is 6.79 Å². The quantitative estimate of drug-likeness (QED) is 0.401. The van der Waals surface area contributed by atoms with Crippen molar-refractivity contribution in [3.05, 3.63) is 57.0 Å². The van der Waals surface area contributed by atoms with E-state index in [2.05, 4.69) is 49.1 Å². The SMILES string of the molecule is COCOc1ccc(OC)cc1[C](=[Cr])OC.[C-]#[O+].[C-]#[O+].[C-]#[O+].[C-]#[O+].[C-]#[O+]. The molecule has 0 spiro atoms. The van der Waals surface area contributed by atoms with Gasteiger partial charge in [-0.15, -0.1) is 0 Å². The summed E-state index contributed by atoms with van der Waals surface area (Å²) < 4.78 is 58.7. The van der Waals surface area contributed by atoms with Crippen LogP contribution in [-0.2, 0) is 48.6 Å². The summed E-state index contributed by atoms with van der Waals surface area (Å²) in [5.41, 5.74) is 0.805. The van der Waals surface area contributed by atoms with Crippen LogP contribution >= 0.6 is 0 Å². The number of methoxy groups -OCH3 is 3. The predicted octanol–water partition coefficient (Wildman–Crippen LogP) is 1.16. The molecular formula is C16H14CrO9. The molecule has 0 N–H and O–H groups in total. The Hall–Kier alpha value is -2.16. The van der Waals surface area contributed by atoms with E-state index in [1.807, 2.05) is 18.2 Å². The average Bonchev–Trinajstić information content (AvgIpc) is 2.78. The van der Waals surface area contributed by atoms with Crippen molar-refractivity contribution in [2.75, 3.05) is 28.1 Å². The van der Waals surface area contributed by atoms with Crippen molar-refractivity contribution in [2.24, 2.45) is 0 Å². The first-order valence-electron chi connectivity index (χ1n) is 5.63. The van der Waals surface area contributed by atoms with E-state index in [0.29, 0.717) is 10.3 Å². The Morgan fingerprint density at radius 1 is 0.885 bits per heavy atom. The van der Waals surface area contributed by atoms with Crippen molar-refractivity contribution in [1.29, 1.82) is 0 Å². The van der Waals surface area contributed by atoms with Crippen LogP contribution in [0.15, 0.2) is 18.2 Å². The summed E-state index contributed by atoms with van der Waals surface area (Å²) in [6, 6.07) is 5.46. The van der Waals surface area contributed by atoms with Crippen LogP contribution in [0, 0.1) is 33.3 Å². The minimum absolute atomic E-state index is 0.191. The zero-order valence-electron chi connectivity index (χ0n) is 14.0. The summed E-state index contributed by atoms with van der Waals surface area (Å²) in [7, 11) is 4.77. The van der Waals surface area contributed by atoms with Gasteiger partial charge in [0, 0.05) is 0 Å². The molecule has 1 aromatic carbocycles. The second kappa shape index (κ2) is 34.2. The van der Waals surface area contributed by atoms with E-state index in [9.17, 15) is 0 Å². The summed E-state index contributed by atoms with van der Waals surface area (Å²) in [4.78, 5) is 0. The molecule has 138 valence electrons. The first-order valence-corrected chi connectivity index (χ1v) is 6.26. The predicted molar refractivity (Wildman–Crippen MR) is 76.3 cm³/mol. The van der Waals surface area contributed by atoms with Gasteiger partial charge >= 0.3 is 159 Å². The van der Waals surface area contributed by atoms with Crippen molar-refractivity contribution in [1.82, 2.24) is 0 Å². The average molecular weight is 402 g/mol. The van der Waals surface area contributed by atoms with E-state index in [0.717, 1.165) is 11.3 Å². The van der Waals surface area contributed by atoms with Crippen molar-refractivity contribution >= 4 is 4.57 Å². The number of rotatable bonds is 6. The van der Waals surface area contributed by atoms with Crippen LogP contribution in [0.2, 0.25) is 0 Å². The topological polar surface area (TPSA) is 136 Å². The molecule has 0 aliphatic carbocycles. The fourth-order valence-corrected chi connectivity index (χ4v) is 1.40. The molecule has 0 aromatic heterocycles. The van der Waals surface area contributed by atoms with E-state index in [1.54, 1.807) is 21.3 Å². The number of ether oxygens (including phenoxy) is 4. The second-order valence-corrected chi connectivity index (χ2v) is 3.48. The molecule has 0 bridgehead atoms. The van der Waals surface area contributed by atoms with Gasteiger partial charge in [0.2, 0.25) is 0 Å². The third-order valence-corrected chi connectivity index (χ3v) is 2.53. The van der Waals surface area contributed by atoms with Crippen LogP contribution in [0.5, 0.6) is 11.5 Å². The van der Waals surface area contributed by atoms with Gasteiger partial charge in [-0.05, 0) is 0 Å². The summed E-state index contributed by atoms with van der Waals surface area (Å²) in [6.45, 7) is 22.7. The van der Waals surface area contributed by atoms with E-state index in [4.69, 9.17) is 42.2 Å². The molecular weight excluding hydrogens is 388 g/mol. The molecule has 0 atom stereocenters. The summed E-state index contributed by atoms with van der Waals surface area (Å²) >= 11 is 2.83. The maximum absolute atomic E-state index is 7.50. The Balaban J connectivity index is -0.000000127. The van der Waals surface area contributed by atoms with Gasteiger partial charge < -0.3 is 0 Å². The van der Waals surface area contributed by atoms with Crippen LogP contribution in [0.3, 0.4) is 0 Å². The van der Waals surface area contributed by atoms with Gasteiger partial charge in [-0.25, -0.2) is 0 Å². The van der Waals surface area contributed by atoms with Crippen molar-refractivity contribution in [3.8, 4) is 11.5 Å². The number of hydrogen-bond acceptors (Lipinski definition) is 4. The molecule has 1 rings (SSSR count). The van der Waals surface area contributed by atoms with Crippen molar-refractivity contribution in [3.63, 3.8) is 0 Å². The van der Waals surface area contributed by atoms with Gasteiger partial charge in [0.05, 0.1) is 0 Å². The van der Waals surface area contributed by atoms with E-state index >= 15 is 0 Å². The van der Waals surface area contributed by atoms with Gasteiger partial charge in [-0.2, -0.15) is 0 Å². The number of benzene rings is 1. The van der Waals surface area contributed by atoms with Gasteiger partial charge in [0.1, 0.15) is 0 Å². The fraction of sp³-hybridized carbons (Fsp3) is 0.250. The molecule has 0 amide bonds. The molecule has 0 saturated heterocycles. The molecule has 0 fully saturated rings. The monoisotopic (exact) mass is 402 g/mol. The Kier molecular flexibility index (Phi) is 46.1. The normalized spacial score (nSPS) is 6.50. The van der Waals surface area contributed by atoms with Crippen LogP contribution in [0.1, 0.15) is 5.56 Å². The third kappa shape index (κ3) is 18.2. The molecule has 0 aliphatic heterocycles. The first kappa shape index (κ1) is 35.0. The van der Waals surface area contributed by atoms with Crippen molar-refractivity contribution < 1.29 is 58.1 Å². The zero-order chi connectivity index (χ0) is 22.0. The zero-order valence-corrected chi connectivity index (χ0v) is 15.3. The second-order valence-electron chi connectivity index (χ2n) is 2.90. The third-order valence-electron chi connectivity index (χ3n) is 1.92. The fourth-order valence-electron chi connectivity index (χ4n) is 1.15. The molecule has 0 unspecified atom stereocenters. The number of hydrogen-bond donors (Lipinski definition) is 0. The van der Waals surface area contributed by atoms with Gasteiger partial charge in [0.25, 0.3) is 0 Å². The maximum atomic E-state index is 7.50. The van der Waals surface area contributed by atoms with Gasteiger partial charge in [-0.3, -0.25) is 0 Å². The Bertz CT molecular complexity index is 524. The molecule has 1 aromatic rings. The molecule has 0 radical (unpaired) electrons. The van der Waals surface area contributed by atoms with Crippen LogP contribution < -0.4 is 9.47 Å². The molecule has 0 aliphatic rings. The molecule has 0 heterocycles. The van der Waals surface area contributed by atoms with Crippen LogP contribution in [0.25, 0.3) is 0 Å². The molecule has 10 heteroatoms. The van der Waals surface area contributed by atoms with E-state index < -0.39 is 0 Å².